The molecule has 27 heavy (non-hydrogen) atoms. The topological polar surface area (TPSA) is 70.7 Å². The van der Waals surface area contributed by atoms with Crippen LogP contribution >= 0.6 is 0 Å². The summed E-state index contributed by atoms with van der Waals surface area (Å²) in [5, 5.41) is 3.02. The van der Waals surface area contributed by atoms with Crippen LogP contribution < -0.4 is 11.1 Å². The fourth-order valence-corrected chi connectivity index (χ4v) is 3.65. The summed E-state index contributed by atoms with van der Waals surface area (Å²) in [6.07, 6.45) is -1.24. The summed E-state index contributed by atoms with van der Waals surface area (Å²) >= 11 is 0. The van der Waals surface area contributed by atoms with E-state index in [2.05, 4.69) is 10.3 Å². The number of carbonyl (C=O) groups excluding carboxylic acids is 1. The van der Waals surface area contributed by atoms with Gasteiger partial charge in [0.1, 0.15) is 11.7 Å². The molecule has 7 heteroatoms. The lowest BCUT2D eigenvalue weighted by Crippen LogP contribution is -2.59. The normalized spacial score (nSPS) is 24.2. The number of hydrogen-bond acceptors (Lipinski definition) is 4. The minimum absolute atomic E-state index is 0.0252. The highest BCUT2D eigenvalue weighted by molar-refractivity contribution is 6.04. The Kier molecular flexibility index (Phi) is 4.09. The lowest BCUT2D eigenvalue weighted by atomic mass is 9.91. The van der Waals surface area contributed by atoms with E-state index in [0.717, 1.165) is 5.56 Å². The number of hydrogen-bond donors (Lipinski definition) is 2. The van der Waals surface area contributed by atoms with Crippen LogP contribution in [0.4, 0.5) is 14.5 Å². The summed E-state index contributed by atoms with van der Waals surface area (Å²) in [7, 11) is 0. The Bertz CT molecular complexity index is 928. The smallest absolute Gasteiger partial charge is 0.253 e. The molecule has 2 aromatic carbocycles. The molecule has 2 atom stereocenters. The fraction of sp³-hybridized carbons (Fsp3) is 0.300. The van der Waals surface area contributed by atoms with Gasteiger partial charge in [-0.05, 0) is 31.2 Å². The average molecular weight is 370 g/mol. The number of fused-ring (bicyclic) bond motifs is 1. The van der Waals surface area contributed by atoms with Gasteiger partial charge in [0.05, 0.1) is 12.1 Å². The number of amidine groups is 1. The number of rotatable bonds is 1. The zero-order valence-corrected chi connectivity index (χ0v) is 14.9. The lowest BCUT2D eigenvalue weighted by Gasteiger charge is -2.44. The Morgan fingerprint density at radius 3 is 2.74 bits per heavy atom. The van der Waals surface area contributed by atoms with E-state index in [-0.39, 0.29) is 30.3 Å². The predicted molar refractivity (Wildman–Crippen MR) is 100 cm³/mol. The third-order valence-electron chi connectivity index (χ3n) is 5.19. The van der Waals surface area contributed by atoms with Crippen LogP contribution in [-0.2, 0) is 0 Å². The van der Waals surface area contributed by atoms with Gasteiger partial charge in [-0.2, -0.15) is 0 Å². The minimum atomic E-state index is -1.48. The fourth-order valence-electron chi connectivity index (χ4n) is 3.65. The number of aryl methyl sites for hydroxylation is 1. The molecule has 3 N–H and O–H groups in total. The lowest BCUT2D eigenvalue weighted by molar-refractivity contribution is 0.0494. The Labute approximate surface area is 155 Å². The van der Waals surface area contributed by atoms with Crippen molar-refractivity contribution >= 4 is 17.4 Å². The first kappa shape index (κ1) is 17.5. The summed E-state index contributed by atoms with van der Waals surface area (Å²) < 4.78 is 29.2. The molecule has 2 aliphatic rings. The minimum Gasteiger partial charge on any atom is -0.383 e. The third-order valence-corrected chi connectivity index (χ3v) is 5.19. The van der Waals surface area contributed by atoms with Gasteiger partial charge in [0.2, 0.25) is 0 Å². The van der Waals surface area contributed by atoms with Crippen LogP contribution in [0, 0.1) is 12.7 Å². The van der Waals surface area contributed by atoms with Gasteiger partial charge in [-0.15, -0.1) is 0 Å². The number of aliphatic imine (C=N–C) groups is 1. The van der Waals surface area contributed by atoms with E-state index in [1.807, 2.05) is 19.1 Å². The standard InChI is InChI=1S/C20H20F2N4O/c1-12-5-7-13(8-6-12)19(27)26-10-9-20(16(22)11-26)24-15-4-2-3-14(21)17(15)18(23)25-20/h2-8,16,24H,9-11H2,1H3,(H2,23,25)/t16-,20+/m0/s1. The number of likely N-dealkylation sites (tertiary alicyclic amines) is 1. The van der Waals surface area contributed by atoms with Crippen molar-refractivity contribution in [1.82, 2.24) is 4.90 Å². The van der Waals surface area contributed by atoms with Gasteiger partial charge in [0, 0.05) is 24.2 Å². The summed E-state index contributed by atoms with van der Waals surface area (Å²) in [6.45, 7) is 2.15. The highest BCUT2D eigenvalue weighted by Crippen LogP contribution is 2.36. The molecule has 0 bridgehead atoms. The van der Waals surface area contributed by atoms with E-state index in [9.17, 15) is 9.18 Å². The van der Waals surface area contributed by atoms with E-state index < -0.39 is 17.7 Å². The SMILES string of the molecule is Cc1ccc(C(=O)N2CC[C@@]3(N=C(N)c4c(F)cccc4N3)[C@@H](F)C2)cc1. The summed E-state index contributed by atoms with van der Waals surface area (Å²) in [5.74, 6) is -0.743. The van der Waals surface area contributed by atoms with Crippen molar-refractivity contribution in [2.24, 2.45) is 10.7 Å². The van der Waals surface area contributed by atoms with Crippen molar-refractivity contribution in [2.75, 3.05) is 18.4 Å². The maximum absolute atomic E-state index is 15.2. The van der Waals surface area contributed by atoms with Crippen LogP contribution in [0.25, 0.3) is 0 Å². The van der Waals surface area contributed by atoms with E-state index in [1.165, 1.54) is 17.0 Å². The molecular weight excluding hydrogens is 350 g/mol. The van der Waals surface area contributed by atoms with E-state index in [1.54, 1.807) is 18.2 Å². The van der Waals surface area contributed by atoms with Gasteiger partial charge in [-0.1, -0.05) is 23.8 Å². The second-order valence-electron chi connectivity index (χ2n) is 7.04. The molecule has 2 aliphatic heterocycles. The molecule has 0 unspecified atom stereocenters. The van der Waals surface area contributed by atoms with Crippen molar-refractivity contribution in [2.45, 2.75) is 25.2 Å². The molecule has 2 aromatic rings. The first-order chi connectivity index (χ1) is 12.9. The Morgan fingerprint density at radius 2 is 2.04 bits per heavy atom. The van der Waals surface area contributed by atoms with Gasteiger partial charge in [-0.3, -0.25) is 4.79 Å². The Morgan fingerprint density at radius 1 is 1.30 bits per heavy atom. The van der Waals surface area contributed by atoms with Crippen LogP contribution in [0.3, 0.4) is 0 Å². The first-order valence-corrected chi connectivity index (χ1v) is 8.82. The maximum Gasteiger partial charge on any atom is 0.253 e. The second-order valence-corrected chi connectivity index (χ2v) is 7.04. The van der Waals surface area contributed by atoms with Crippen molar-refractivity contribution in [3.8, 4) is 0 Å². The highest BCUT2D eigenvalue weighted by atomic mass is 19.1. The average Bonchev–Trinajstić information content (AvgIpc) is 2.64. The third kappa shape index (κ3) is 2.93. The Hall–Kier alpha value is -2.96. The van der Waals surface area contributed by atoms with Crippen LogP contribution in [0.2, 0.25) is 0 Å². The van der Waals surface area contributed by atoms with Crippen molar-refractivity contribution in [1.29, 1.82) is 0 Å². The molecule has 2 heterocycles. The van der Waals surface area contributed by atoms with Crippen LogP contribution in [0.5, 0.6) is 0 Å². The van der Waals surface area contributed by atoms with Gasteiger partial charge in [-0.25, -0.2) is 13.8 Å². The second kappa shape index (κ2) is 6.33. The number of nitrogens with zero attached hydrogens (tertiary/aromatic N) is 2. The van der Waals surface area contributed by atoms with Gasteiger partial charge < -0.3 is 16.0 Å². The molecule has 5 nitrogen and oxygen atoms in total. The molecule has 1 amide bonds. The number of anilines is 1. The molecular formula is C20H20F2N4O. The first-order valence-electron chi connectivity index (χ1n) is 8.82. The molecule has 1 saturated heterocycles. The summed E-state index contributed by atoms with van der Waals surface area (Å²) in [5.41, 5.74) is 6.81. The monoisotopic (exact) mass is 370 g/mol. The van der Waals surface area contributed by atoms with E-state index >= 15 is 4.39 Å². The van der Waals surface area contributed by atoms with Crippen molar-refractivity contribution < 1.29 is 13.6 Å². The van der Waals surface area contributed by atoms with Crippen LogP contribution in [0.1, 0.15) is 27.9 Å². The number of amides is 1. The van der Waals surface area contributed by atoms with Gasteiger partial charge in [0.25, 0.3) is 5.91 Å². The zero-order valence-electron chi connectivity index (χ0n) is 14.9. The number of alkyl halides is 1. The molecule has 1 spiro atoms. The van der Waals surface area contributed by atoms with E-state index in [4.69, 9.17) is 5.73 Å². The predicted octanol–water partition coefficient (Wildman–Crippen LogP) is 2.85. The molecule has 140 valence electrons. The number of piperidine rings is 1. The number of halogens is 2. The summed E-state index contributed by atoms with van der Waals surface area (Å²) in [6, 6.07) is 11.7. The molecule has 0 radical (unpaired) electrons. The highest BCUT2D eigenvalue weighted by Gasteiger charge is 2.47. The molecule has 4 rings (SSSR count). The number of nitrogens with two attached hydrogens (primary N) is 1. The van der Waals surface area contributed by atoms with Crippen LogP contribution in [-0.4, -0.2) is 41.6 Å². The molecule has 0 aromatic heterocycles. The van der Waals surface area contributed by atoms with Gasteiger partial charge >= 0.3 is 0 Å². The Balaban J connectivity index is 1.57. The van der Waals surface area contributed by atoms with Crippen molar-refractivity contribution in [3.63, 3.8) is 0 Å². The molecule has 1 fully saturated rings. The van der Waals surface area contributed by atoms with E-state index in [0.29, 0.717) is 17.8 Å². The zero-order chi connectivity index (χ0) is 19.2. The van der Waals surface area contributed by atoms with Crippen molar-refractivity contribution in [3.05, 3.63) is 65.0 Å². The summed E-state index contributed by atoms with van der Waals surface area (Å²) in [4.78, 5) is 18.4. The molecule has 0 aliphatic carbocycles. The maximum atomic E-state index is 15.2. The number of carbonyl (C=O) groups is 1. The molecule has 0 saturated carbocycles. The number of nitrogens with one attached hydrogen (secondary N) is 1. The largest absolute Gasteiger partial charge is 0.383 e. The van der Waals surface area contributed by atoms with Crippen LogP contribution in [0.15, 0.2) is 47.5 Å². The quantitative estimate of drug-likeness (QED) is 0.811. The van der Waals surface area contributed by atoms with Gasteiger partial charge in [0.15, 0.2) is 11.8 Å². The number of benzene rings is 2.